The van der Waals surface area contributed by atoms with Gasteiger partial charge in [0.1, 0.15) is 11.9 Å². The van der Waals surface area contributed by atoms with Crippen molar-refractivity contribution in [2.24, 2.45) is 5.41 Å². The number of likely N-dealkylation sites (tertiary alicyclic amines) is 1. The predicted octanol–water partition coefficient (Wildman–Crippen LogP) is 4.32. The van der Waals surface area contributed by atoms with Crippen molar-refractivity contribution in [2.75, 3.05) is 0 Å². The second-order valence-electron chi connectivity index (χ2n) is 11.2. The molecule has 2 aromatic carbocycles. The number of nitrogens with one attached hydrogen (secondary N) is 3. The van der Waals surface area contributed by atoms with Gasteiger partial charge in [0.2, 0.25) is 5.91 Å². The van der Waals surface area contributed by atoms with Crippen molar-refractivity contribution in [3.63, 3.8) is 0 Å². The van der Waals surface area contributed by atoms with Crippen LogP contribution < -0.4 is 20.9 Å². The van der Waals surface area contributed by atoms with Crippen LogP contribution in [0.5, 0.6) is 5.75 Å². The van der Waals surface area contributed by atoms with Crippen molar-refractivity contribution in [1.82, 2.24) is 21.1 Å². The molecule has 42 heavy (non-hydrogen) atoms. The molecule has 13 heteroatoms. The molecule has 3 N–H and O–H groups in total. The first-order valence-corrected chi connectivity index (χ1v) is 13.8. The number of nitrogens with zero attached hydrogens (tertiary/aromatic N) is 2. The zero-order valence-electron chi connectivity index (χ0n) is 23.4. The number of carbonyl (C=O) groups excluding carboxylic acids is 3. The van der Waals surface area contributed by atoms with Crippen LogP contribution in [0.25, 0.3) is 0 Å². The van der Waals surface area contributed by atoms with Gasteiger partial charge in [-0.1, -0.05) is 17.7 Å². The second kappa shape index (κ2) is 12.2. The summed E-state index contributed by atoms with van der Waals surface area (Å²) in [6.07, 6.45) is -0.0379. The van der Waals surface area contributed by atoms with Gasteiger partial charge in [-0.2, -0.15) is 5.26 Å². The van der Waals surface area contributed by atoms with Crippen molar-refractivity contribution in [3.05, 3.63) is 63.9 Å². The molecule has 4 rings (SSSR count). The summed E-state index contributed by atoms with van der Waals surface area (Å²) in [7, 11) is 0. The van der Waals surface area contributed by atoms with Crippen LogP contribution in [0.3, 0.4) is 0 Å². The first-order valence-electron chi connectivity index (χ1n) is 13.4. The standard InChI is InChI=1S/C29H31ClF3N5O4/c1-14-9-23(27(40)37-36-14)42-25-20(32)11-17(12-21(25)33)26(39)35-15(2)28(41)38-22(7-8-24(38)29(3,4)13-34)16-5-6-19(31)18(30)10-16/h5-6,10-12,14-15,22-24,36H,7-9H2,1-4H3,(H,35,39)(H,37,40)/t14?,15-,22+,23?,24-/m1/s1. The van der Waals surface area contributed by atoms with E-state index in [2.05, 4.69) is 22.2 Å². The summed E-state index contributed by atoms with van der Waals surface area (Å²) in [5.74, 6) is -5.86. The maximum absolute atomic E-state index is 14.9. The lowest BCUT2D eigenvalue weighted by Crippen LogP contribution is -2.56. The smallest absolute Gasteiger partial charge is 0.275 e. The molecule has 2 aliphatic heterocycles. The Balaban J connectivity index is 1.54. The number of benzene rings is 2. The number of halogens is 4. The van der Waals surface area contributed by atoms with E-state index in [4.69, 9.17) is 16.3 Å². The summed E-state index contributed by atoms with van der Waals surface area (Å²) in [4.78, 5) is 40.3. The van der Waals surface area contributed by atoms with E-state index in [1.165, 1.54) is 30.0 Å². The zero-order chi connectivity index (χ0) is 30.9. The largest absolute Gasteiger partial charge is 0.474 e. The Labute approximate surface area is 246 Å². The Bertz CT molecular complexity index is 1430. The van der Waals surface area contributed by atoms with Gasteiger partial charge in [0.15, 0.2) is 23.5 Å². The summed E-state index contributed by atoms with van der Waals surface area (Å²) in [5.41, 5.74) is 4.26. The fourth-order valence-corrected chi connectivity index (χ4v) is 5.51. The predicted molar refractivity (Wildman–Crippen MR) is 146 cm³/mol. The van der Waals surface area contributed by atoms with Crippen LogP contribution >= 0.6 is 11.6 Å². The van der Waals surface area contributed by atoms with Gasteiger partial charge in [-0.05, 0) is 70.4 Å². The van der Waals surface area contributed by atoms with Crippen LogP contribution in [-0.2, 0) is 9.59 Å². The SMILES string of the molecule is CC1CC(Oc2c(F)cc(C(=O)N[C@H](C)C(=O)N3[C@H](c4ccc(F)c(Cl)c4)CC[C@@H]3C(C)(C)C#N)cc2F)C(=O)NN1. The lowest BCUT2D eigenvalue weighted by Gasteiger charge is -2.38. The fourth-order valence-electron chi connectivity index (χ4n) is 5.32. The van der Waals surface area contributed by atoms with Crippen LogP contribution in [0, 0.1) is 34.2 Å². The molecule has 9 nitrogen and oxygen atoms in total. The molecule has 0 saturated carbocycles. The van der Waals surface area contributed by atoms with Gasteiger partial charge in [-0.3, -0.25) is 19.8 Å². The van der Waals surface area contributed by atoms with Crippen LogP contribution in [0.2, 0.25) is 5.02 Å². The molecule has 2 aliphatic rings. The number of hydrazine groups is 1. The fraction of sp³-hybridized carbons (Fsp3) is 0.448. The van der Waals surface area contributed by atoms with E-state index in [0.717, 1.165) is 12.1 Å². The summed E-state index contributed by atoms with van der Waals surface area (Å²) in [6.45, 7) is 6.57. The molecule has 2 aromatic rings. The van der Waals surface area contributed by atoms with Gasteiger partial charge in [-0.15, -0.1) is 0 Å². The van der Waals surface area contributed by atoms with E-state index in [1.807, 2.05) is 0 Å². The highest BCUT2D eigenvalue weighted by atomic mass is 35.5. The Hall–Kier alpha value is -3.82. The molecule has 0 spiro atoms. The van der Waals surface area contributed by atoms with Crippen LogP contribution in [0.4, 0.5) is 13.2 Å². The van der Waals surface area contributed by atoms with Crippen molar-refractivity contribution < 1.29 is 32.3 Å². The highest BCUT2D eigenvalue weighted by molar-refractivity contribution is 6.30. The van der Waals surface area contributed by atoms with Gasteiger partial charge in [0, 0.05) is 18.0 Å². The number of ether oxygens (including phenoxy) is 1. The van der Waals surface area contributed by atoms with Crippen molar-refractivity contribution in [1.29, 1.82) is 5.26 Å². The highest BCUT2D eigenvalue weighted by Crippen LogP contribution is 2.44. The average molecular weight is 606 g/mol. The minimum absolute atomic E-state index is 0.115. The minimum Gasteiger partial charge on any atom is -0.474 e. The van der Waals surface area contributed by atoms with Crippen molar-refractivity contribution in [2.45, 2.75) is 77.2 Å². The van der Waals surface area contributed by atoms with E-state index in [0.29, 0.717) is 18.4 Å². The normalized spacial score (nSPS) is 23.1. The quantitative estimate of drug-likeness (QED) is 0.432. The molecule has 2 unspecified atom stereocenters. The van der Waals surface area contributed by atoms with Crippen molar-refractivity contribution in [3.8, 4) is 11.8 Å². The number of rotatable bonds is 7. The number of hydrogen-bond acceptors (Lipinski definition) is 6. The zero-order valence-corrected chi connectivity index (χ0v) is 24.2. The van der Waals surface area contributed by atoms with E-state index in [1.54, 1.807) is 20.8 Å². The van der Waals surface area contributed by atoms with Crippen LogP contribution in [-0.4, -0.2) is 46.9 Å². The maximum atomic E-state index is 14.9. The van der Waals surface area contributed by atoms with Gasteiger partial charge in [-0.25, -0.2) is 18.6 Å². The number of carbonyl (C=O) groups is 3. The third kappa shape index (κ3) is 6.32. The first kappa shape index (κ1) is 31.1. The molecule has 0 radical (unpaired) electrons. The topological polar surface area (TPSA) is 124 Å². The molecule has 224 valence electrons. The Morgan fingerprint density at radius 2 is 1.83 bits per heavy atom. The van der Waals surface area contributed by atoms with Gasteiger partial charge in [0.05, 0.1) is 28.6 Å². The first-order chi connectivity index (χ1) is 19.7. The van der Waals surface area contributed by atoms with E-state index in [9.17, 15) is 32.8 Å². The number of amides is 3. The third-order valence-electron chi connectivity index (χ3n) is 7.63. The van der Waals surface area contributed by atoms with Gasteiger partial charge < -0.3 is 15.0 Å². The molecule has 0 aliphatic carbocycles. The van der Waals surface area contributed by atoms with E-state index >= 15 is 0 Å². The Morgan fingerprint density at radius 1 is 1.17 bits per heavy atom. The highest BCUT2D eigenvalue weighted by Gasteiger charge is 2.46. The second-order valence-corrected chi connectivity index (χ2v) is 11.6. The van der Waals surface area contributed by atoms with Crippen molar-refractivity contribution >= 4 is 29.3 Å². The molecular formula is C29H31ClF3N5O4. The number of hydrogen-bond donors (Lipinski definition) is 3. The minimum atomic E-state index is -1.19. The van der Waals surface area contributed by atoms with Gasteiger partial charge in [0.25, 0.3) is 11.8 Å². The third-order valence-corrected chi connectivity index (χ3v) is 7.92. The summed E-state index contributed by atoms with van der Waals surface area (Å²) < 4.78 is 48.9. The lowest BCUT2D eigenvalue weighted by molar-refractivity contribution is -0.137. The molecular weight excluding hydrogens is 575 g/mol. The molecule has 5 atom stereocenters. The lowest BCUT2D eigenvalue weighted by atomic mass is 9.84. The molecule has 0 bridgehead atoms. The average Bonchev–Trinajstić information content (AvgIpc) is 3.39. The summed E-state index contributed by atoms with van der Waals surface area (Å²) >= 11 is 6.00. The van der Waals surface area contributed by atoms with Crippen LogP contribution in [0.15, 0.2) is 30.3 Å². The van der Waals surface area contributed by atoms with E-state index < -0.39 is 76.1 Å². The summed E-state index contributed by atoms with van der Waals surface area (Å²) in [5, 5.41) is 12.2. The number of nitriles is 1. The Morgan fingerprint density at radius 3 is 2.45 bits per heavy atom. The van der Waals surface area contributed by atoms with Gasteiger partial charge >= 0.3 is 0 Å². The molecule has 2 heterocycles. The molecule has 3 amide bonds. The molecule has 2 fully saturated rings. The van der Waals surface area contributed by atoms with E-state index in [-0.39, 0.29) is 17.5 Å². The van der Waals surface area contributed by atoms with Crippen LogP contribution in [0.1, 0.15) is 68.9 Å². The summed E-state index contributed by atoms with van der Waals surface area (Å²) in [6, 6.07) is 5.44. The molecule has 2 saturated heterocycles. The monoisotopic (exact) mass is 605 g/mol. The maximum Gasteiger partial charge on any atom is 0.275 e. The molecule has 0 aromatic heterocycles. The Kier molecular flexibility index (Phi) is 9.03.